The molecule has 0 aromatic carbocycles. The van der Waals surface area contributed by atoms with Crippen LogP contribution in [0.2, 0.25) is 0 Å². The van der Waals surface area contributed by atoms with Crippen molar-refractivity contribution in [3.05, 3.63) is 22.8 Å². The topological polar surface area (TPSA) is 37.8 Å². The Morgan fingerprint density at radius 3 is 2.67 bits per heavy atom. The molecular weight excluding hydrogens is 319 g/mol. The van der Waals surface area contributed by atoms with E-state index in [-0.39, 0.29) is 22.6 Å². The van der Waals surface area contributed by atoms with Crippen LogP contribution < -0.4 is 5.32 Å². The van der Waals surface area contributed by atoms with Gasteiger partial charge in [0, 0.05) is 41.8 Å². The zero-order valence-corrected chi connectivity index (χ0v) is 13.2. The molecule has 2 atom stereocenters. The van der Waals surface area contributed by atoms with Crippen molar-refractivity contribution in [2.45, 2.75) is 36.6 Å². The zero-order chi connectivity index (χ0) is 15.0. The van der Waals surface area contributed by atoms with E-state index in [0.717, 1.165) is 11.5 Å². The van der Waals surface area contributed by atoms with Crippen LogP contribution in [0.15, 0.2) is 0 Å². The highest BCUT2D eigenvalue weighted by atomic mass is 32.2. The summed E-state index contributed by atoms with van der Waals surface area (Å²) in [5, 5.41) is 3.16. The van der Waals surface area contributed by atoms with Gasteiger partial charge in [0.2, 0.25) is 0 Å². The smallest absolute Gasteiger partial charge is 0.312 e. The van der Waals surface area contributed by atoms with Crippen LogP contribution in [0, 0.1) is 0 Å². The second kappa shape index (κ2) is 5.96. The lowest BCUT2D eigenvalue weighted by Crippen LogP contribution is -2.30. The molecule has 1 N–H and O–H groups in total. The highest BCUT2D eigenvalue weighted by Crippen LogP contribution is 2.42. The quantitative estimate of drug-likeness (QED) is 0.854. The van der Waals surface area contributed by atoms with E-state index >= 15 is 0 Å². The summed E-state index contributed by atoms with van der Waals surface area (Å²) in [6.45, 7) is 2.91. The van der Waals surface area contributed by atoms with E-state index in [0.29, 0.717) is 24.5 Å². The first-order valence-electron chi connectivity index (χ1n) is 6.87. The van der Waals surface area contributed by atoms with Crippen LogP contribution in [0.3, 0.4) is 0 Å². The van der Waals surface area contributed by atoms with E-state index in [4.69, 9.17) is 0 Å². The second-order valence-corrected chi connectivity index (χ2v) is 7.88. The van der Waals surface area contributed by atoms with Crippen molar-refractivity contribution in [2.75, 3.05) is 18.1 Å². The maximum atomic E-state index is 13.3. The Bertz CT molecular complexity index is 536. The van der Waals surface area contributed by atoms with E-state index in [9.17, 15) is 13.2 Å². The molecule has 2 aliphatic heterocycles. The molecule has 0 saturated carbocycles. The summed E-state index contributed by atoms with van der Waals surface area (Å²) in [7, 11) is 0. The Labute approximate surface area is 129 Å². The molecule has 0 bridgehead atoms. The van der Waals surface area contributed by atoms with Gasteiger partial charge in [0.1, 0.15) is 5.82 Å². The van der Waals surface area contributed by atoms with Crippen LogP contribution in [-0.4, -0.2) is 33.3 Å². The van der Waals surface area contributed by atoms with Gasteiger partial charge in [-0.1, -0.05) is 6.92 Å². The highest BCUT2D eigenvalue weighted by molar-refractivity contribution is 8.06. The third-order valence-corrected chi connectivity index (χ3v) is 6.75. The Morgan fingerprint density at radius 1 is 1.19 bits per heavy atom. The SMILES string of the molecule is CC1SCCSC1c1nc2c(c(C(F)(F)F)n1)CNCC2. The fourth-order valence-electron chi connectivity index (χ4n) is 2.64. The number of hydrogen-bond acceptors (Lipinski definition) is 5. The summed E-state index contributed by atoms with van der Waals surface area (Å²) < 4.78 is 39.9. The number of rotatable bonds is 1. The minimum absolute atomic E-state index is 0.0509. The number of nitrogens with one attached hydrogen (secondary N) is 1. The molecule has 3 heterocycles. The minimum Gasteiger partial charge on any atom is -0.312 e. The monoisotopic (exact) mass is 335 g/mol. The van der Waals surface area contributed by atoms with Crippen molar-refractivity contribution in [3.8, 4) is 0 Å². The third-order valence-electron chi connectivity index (χ3n) is 3.66. The fraction of sp³-hybridized carbons (Fsp3) is 0.692. The van der Waals surface area contributed by atoms with Gasteiger partial charge in [0.15, 0.2) is 5.69 Å². The lowest BCUT2D eigenvalue weighted by molar-refractivity contribution is -0.142. The number of aromatic nitrogens is 2. The molecule has 21 heavy (non-hydrogen) atoms. The maximum absolute atomic E-state index is 13.3. The standard InChI is InChI=1S/C13H16F3N3S2/c1-7-10(21-5-4-20-7)12-18-9-2-3-17-6-8(9)11(19-12)13(14,15)16/h7,10,17H,2-6H2,1H3. The molecule has 0 radical (unpaired) electrons. The van der Waals surface area contributed by atoms with Crippen molar-refractivity contribution in [1.82, 2.24) is 15.3 Å². The molecule has 0 spiro atoms. The predicted octanol–water partition coefficient (Wildman–Crippen LogP) is 3.05. The third kappa shape index (κ3) is 3.17. The first kappa shape index (κ1) is 15.4. The number of halogens is 3. The van der Waals surface area contributed by atoms with E-state index in [1.165, 1.54) is 0 Å². The predicted molar refractivity (Wildman–Crippen MR) is 79.6 cm³/mol. The molecule has 0 aliphatic carbocycles. The van der Waals surface area contributed by atoms with Crippen LogP contribution >= 0.6 is 23.5 Å². The van der Waals surface area contributed by atoms with Crippen LogP contribution in [-0.2, 0) is 19.1 Å². The number of alkyl halides is 3. The number of fused-ring (bicyclic) bond motifs is 1. The number of hydrogen-bond donors (Lipinski definition) is 1. The van der Waals surface area contributed by atoms with Gasteiger partial charge in [-0.25, -0.2) is 9.97 Å². The van der Waals surface area contributed by atoms with Gasteiger partial charge in [-0.15, -0.1) is 11.8 Å². The summed E-state index contributed by atoms with van der Waals surface area (Å²) in [6.07, 6.45) is -3.89. The summed E-state index contributed by atoms with van der Waals surface area (Å²) in [5.41, 5.74) is 0.0335. The van der Waals surface area contributed by atoms with Gasteiger partial charge in [-0.05, 0) is 0 Å². The molecule has 116 valence electrons. The van der Waals surface area contributed by atoms with Crippen LogP contribution in [0.1, 0.15) is 34.9 Å². The molecule has 0 amide bonds. The van der Waals surface area contributed by atoms with E-state index in [2.05, 4.69) is 15.3 Å². The Kier molecular flexibility index (Phi) is 4.38. The average molecular weight is 335 g/mol. The Hall–Kier alpha value is -0.470. The zero-order valence-electron chi connectivity index (χ0n) is 11.5. The van der Waals surface area contributed by atoms with Gasteiger partial charge >= 0.3 is 6.18 Å². The molecule has 3 nitrogen and oxygen atoms in total. The molecular formula is C13H16F3N3S2. The van der Waals surface area contributed by atoms with Gasteiger partial charge in [-0.3, -0.25) is 0 Å². The number of thioether (sulfide) groups is 2. The normalized spacial score (nSPS) is 26.5. The van der Waals surface area contributed by atoms with Crippen molar-refractivity contribution in [1.29, 1.82) is 0 Å². The van der Waals surface area contributed by atoms with Crippen molar-refractivity contribution in [3.63, 3.8) is 0 Å². The maximum Gasteiger partial charge on any atom is 0.433 e. The van der Waals surface area contributed by atoms with Crippen molar-refractivity contribution >= 4 is 23.5 Å². The highest BCUT2D eigenvalue weighted by Gasteiger charge is 2.39. The van der Waals surface area contributed by atoms with E-state index in [1.807, 2.05) is 6.92 Å². The molecule has 8 heteroatoms. The summed E-state index contributed by atoms with van der Waals surface area (Å²) in [6, 6.07) is 0. The first-order chi connectivity index (χ1) is 9.97. The van der Waals surface area contributed by atoms with Crippen LogP contribution in [0.5, 0.6) is 0 Å². The van der Waals surface area contributed by atoms with Crippen molar-refractivity contribution < 1.29 is 13.2 Å². The van der Waals surface area contributed by atoms with E-state index < -0.39 is 11.9 Å². The molecule has 2 aliphatic rings. The summed E-state index contributed by atoms with van der Waals surface area (Å²) in [5.74, 6) is 2.32. The molecule has 1 saturated heterocycles. The van der Waals surface area contributed by atoms with Crippen LogP contribution in [0.25, 0.3) is 0 Å². The molecule has 1 aromatic rings. The summed E-state index contributed by atoms with van der Waals surface area (Å²) >= 11 is 3.44. The lowest BCUT2D eigenvalue weighted by Gasteiger charge is -2.29. The molecule has 1 aromatic heterocycles. The van der Waals surface area contributed by atoms with Gasteiger partial charge in [0.05, 0.1) is 10.9 Å². The van der Waals surface area contributed by atoms with Crippen LogP contribution in [0.4, 0.5) is 13.2 Å². The second-order valence-electron chi connectivity index (χ2n) is 5.15. The summed E-state index contributed by atoms with van der Waals surface area (Å²) in [4.78, 5) is 8.40. The average Bonchev–Trinajstić information content (AvgIpc) is 2.45. The van der Waals surface area contributed by atoms with E-state index in [1.54, 1.807) is 23.5 Å². The van der Waals surface area contributed by atoms with Gasteiger partial charge in [0.25, 0.3) is 0 Å². The van der Waals surface area contributed by atoms with Gasteiger partial charge in [-0.2, -0.15) is 24.9 Å². The molecule has 2 unspecified atom stereocenters. The lowest BCUT2D eigenvalue weighted by atomic mass is 10.0. The van der Waals surface area contributed by atoms with Gasteiger partial charge < -0.3 is 5.32 Å². The Morgan fingerprint density at radius 2 is 1.95 bits per heavy atom. The molecule has 1 fully saturated rings. The fourth-order valence-corrected chi connectivity index (χ4v) is 5.33. The number of nitrogens with zero attached hydrogens (tertiary/aromatic N) is 2. The van der Waals surface area contributed by atoms with Crippen molar-refractivity contribution in [2.24, 2.45) is 0 Å². The minimum atomic E-state index is -4.42. The Balaban J connectivity index is 2.05. The molecule has 3 rings (SSSR count). The largest absolute Gasteiger partial charge is 0.433 e. The first-order valence-corrected chi connectivity index (χ1v) is 8.97.